The fraction of sp³-hybridized carbons (Fsp3) is 0.167. The first-order chi connectivity index (χ1) is 14.1. The summed E-state index contributed by atoms with van der Waals surface area (Å²) in [5, 5.41) is 5.70. The van der Waals surface area contributed by atoms with Gasteiger partial charge in [-0.05, 0) is 42.1 Å². The molecule has 0 N–H and O–H groups in total. The molecule has 0 saturated heterocycles. The quantitative estimate of drug-likeness (QED) is 0.313. The van der Waals surface area contributed by atoms with Crippen LogP contribution in [0.25, 0.3) is 15.9 Å². The van der Waals surface area contributed by atoms with E-state index in [1.807, 2.05) is 0 Å². The van der Waals surface area contributed by atoms with Crippen molar-refractivity contribution in [2.45, 2.75) is 19.2 Å². The van der Waals surface area contributed by atoms with E-state index < -0.39 is 12.3 Å². The Bertz CT molecular complexity index is 1240. The molecular formula is C18H10BCl2F3N4OS. The predicted molar refractivity (Wildman–Crippen MR) is 111 cm³/mol. The van der Waals surface area contributed by atoms with E-state index in [4.69, 9.17) is 35.8 Å². The normalized spacial score (nSPS) is 13.0. The van der Waals surface area contributed by atoms with Gasteiger partial charge >= 0.3 is 6.18 Å². The van der Waals surface area contributed by atoms with Crippen LogP contribution in [0.5, 0.6) is 5.88 Å². The molecule has 0 saturated carbocycles. The van der Waals surface area contributed by atoms with E-state index in [2.05, 4.69) is 15.1 Å². The van der Waals surface area contributed by atoms with Crippen molar-refractivity contribution >= 4 is 58.1 Å². The number of aromatic nitrogens is 4. The van der Waals surface area contributed by atoms with Crippen LogP contribution in [0.1, 0.15) is 17.4 Å². The number of alkyl halides is 3. The maximum absolute atomic E-state index is 14.1. The van der Waals surface area contributed by atoms with Gasteiger partial charge in [-0.2, -0.15) is 23.3 Å². The molecule has 5 nitrogen and oxygen atoms in total. The third-order valence-electron chi connectivity index (χ3n) is 4.16. The van der Waals surface area contributed by atoms with Crippen LogP contribution in [0.4, 0.5) is 13.2 Å². The van der Waals surface area contributed by atoms with Gasteiger partial charge in [-0.3, -0.25) is 0 Å². The SMILES string of the molecule is [B]c1csc2c(O[C@H](c3ccc(Cl)cc3-n3ccc(C)n3)C(F)(F)F)nc(Cl)nc12. The van der Waals surface area contributed by atoms with E-state index >= 15 is 0 Å². The second kappa shape index (κ2) is 7.75. The Morgan fingerprint density at radius 2 is 1.97 bits per heavy atom. The zero-order chi connectivity index (χ0) is 21.6. The molecule has 0 aliphatic heterocycles. The standard InChI is InChI=1S/C18H10BCl2F3N4OS/c1-8-4-5-28(27-8)12-6-9(20)2-3-10(12)15(18(22,23)24)29-16-14-13(11(19)7-30-14)25-17(21)26-16/h2-7,15H,1H3/t15-/m1/s1. The third kappa shape index (κ3) is 3.99. The molecular weight excluding hydrogens is 459 g/mol. The number of benzene rings is 1. The van der Waals surface area contributed by atoms with Gasteiger partial charge in [0.25, 0.3) is 0 Å². The Labute approximate surface area is 183 Å². The van der Waals surface area contributed by atoms with Crippen molar-refractivity contribution in [3.05, 3.63) is 57.4 Å². The van der Waals surface area contributed by atoms with Crippen LogP contribution in [-0.2, 0) is 0 Å². The van der Waals surface area contributed by atoms with E-state index in [-0.39, 0.29) is 43.1 Å². The molecule has 0 unspecified atom stereocenters. The van der Waals surface area contributed by atoms with E-state index in [1.54, 1.807) is 13.0 Å². The fourth-order valence-electron chi connectivity index (χ4n) is 2.87. The lowest BCUT2D eigenvalue weighted by Crippen LogP contribution is -2.28. The zero-order valence-corrected chi connectivity index (χ0v) is 17.4. The van der Waals surface area contributed by atoms with Crippen LogP contribution < -0.4 is 10.2 Å². The van der Waals surface area contributed by atoms with Crippen LogP contribution >= 0.6 is 34.5 Å². The molecule has 30 heavy (non-hydrogen) atoms. The van der Waals surface area contributed by atoms with Gasteiger partial charge in [0, 0.05) is 16.8 Å². The highest BCUT2D eigenvalue weighted by molar-refractivity contribution is 7.18. The first-order valence-electron chi connectivity index (χ1n) is 8.39. The summed E-state index contributed by atoms with van der Waals surface area (Å²) in [6, 6.07) is 5.65. The van der Waals surface area contributed by atoms with E-state index in [0.717, 1.165) is 11.3 Å². The number of nitrogens with zero attached hydrogens (tertiary/aromatic N) is 4. The second-order valence-corrected chi connectivity index (χ2v) is 7.97. The Kier molecular flexibility index (Phi) is 5.42. The largest absolute Gasteiger partial charge is 0.458 e. The summed E-state index contributed by atoms with van der Waals surface area (Å²) in [6.45, 7) is 1.72. The number of hydrogen-bond acceptors (Lipinski definition) is 5. The fourth-order valence-corrected chi connectivity index (χ4v) is 4.02. The lowest BCUT2D eigenvalue weighted by Gasteiger charge is -2.24. The number of rotatable bonds is 4. The highest BCUT2D eigenvalue weighted by atomic mass is 35.5. The van der Waals surface area contributed by atoms with Gasteiger partial charge in [-0.15, -0.1) is 11.3 Å². The molecule has 0 spiro atoms. The first-order valence-corrected chi connectivity index (χ1v) is 10.0. The van der Waals surface area contributed by atoms with E-state index in [0.29, 0.717) is 5.69 Å². The zero-order valence-electron chi connectivity index (χ0n) is 15.1. The smallest absolute Gasteiger partial charge is 0.429 e. The van der Waals surface area contributed by atoms with Crippen molar-refractivity contribution in [3.8, 4) is 11.6 Å². The highest BCUT2D eigenvalue weighted by Crippen LogP contribution is 2.41. The Morgan fingerprint density at radius 1 is 1.20 bits per heavy atom. The minimum Gasteiger partial charge on any atom is -0.458 e. The molecule has 0 aliphatic rings. The summed E-state index contributed by atoms with van der Waals surface area (Å²) in [7, 11) is 5.82. The summed E-state index contributed by atoms with van der Waals surface area (Å²) in [6.07, 6.45) is -5.61. The minimum atomic E-state index is -4.78. The molecule has 152 valence electrons. The number of fused-ring (bicyclic) bond motifs is 1. The summed E-state index contributed by atoms with van der Waals surface area (Å²) >= 11 is 13.0. The van der Waals surface area contributed by atoms with Crippen LogP contribution in [0, 0.1) is 6.92 Å². The molecule has 2 radical (unpaired) electrons. The van der Waals surface area contributed by atoms with Crippen molar-refractivity contribution in [2.75, 3.05) is 0 Å². The van der Waals surface area contributed by atoms with Crippen molar-refractivity contribution in [1.29, 1.82) is 0 Å². The number of thiophene rings is 1. The summed E-state index contributed by atoms with van der Waals surface area (Å²) in [5.74, 6) is -0.313. The maximum Gasteiger partial charge on any atom is 0.429 e. The van der Waals surface area contributed by atoms with Crippen molar-refractivity contribution < 1.29 is 17.9 Å². The second-order valence-electron chi connectivity index (χ2n) is 6.31. The summed E-state index contributed by atoms with van der Waals surface area (Å²) in [4.78, 5) is 7.82. The molecule has 4 rings (SSSR count). The molecule has 0 amide bonds. The topological polar surface area (TPSA) is 52.8 Å². The van der Waals surface area contributed by atoms with Crippen molar-refractivity contribution in [1.82, 2.24) is 19.7 Å². The monoisotopic (exact) mass is 468 g/mol. The summed E-state index contributed by atoms with van der Waals surface area (Å²) in [5.41, 5.74) is 1.06. The van der Waals surface area contributed by atoms with Gasteiger partial charge in [0.15, 0.2) is 0 Å². The lowest BCUT2D eigenvalue weighted by atomic mass is 9.99. The van der Waals surface area contributed by atoms with E-state index in [1.165, 1.54) is 34.5 Å². The average molecular weight is 469 g/mol. The molecule has 4 aromatic rings. The Hall–Kier alpha value is -2.30. The highest BCUT2D eigenvalue weighted by Gasteiger charge is 2.45. The van der Waals surface area contributed by atoms with Crippen molar-refractivity contribution in [2.24, 2.45) is 0 Å². The molecule has 1 atom stereocenters. The maximum atomic E-state index is 14.1. The van der Waals surface area contributed by atoms with Gasteiger partial charge in [0.05, 0.1) is 16.9 Å². The lowest BCUT2D eigenvalue weighted by molar-refractivity contribution is -0.198. The van der Waals surface area contributed by atoms with Crippen LogP contribution in [0.2, 0.25) is 10.3 Å². The molecule has 0 fully saturated rings. The predicted octanol–water partition coefficient (Wildman–Crippen LogP) is 4.97. The third-order valence-corrected chi connectivity index (χ3v) is 5.53. The van der Waals surface area contributed by atoms with Crippen molar-refractivity contribution in [3.63, 3.8) is 0 Å². The van der Waals surface area contributed by atoms with Gasteiger partial charge in [-0.1, -0.05) is 23.1 Å². The van der Waals surface area contributed by atoms with Gasteiger partial charge in [0.2, 0.25) is 17.3 Å². The molecule has 3 heterocycles. The molecule has 0 bridgehead atoms. The molecule has 1 aromatic carbocycles. The Balaban J connectivity index is 1.87. The molecule has 0 aliphatic carbocycles. The minimum absolute atomic E-state index is 0.125. The Morgan fingerprint density at radius 3 is 2.63 bits per heavy atom. The van der Waals surface area contributed by atoms with Gasteiger partial charge in [0.1, 0.15) is 12.5 Å². The molecule has 12 heteroatoms. The summed E-state index contributed by atoms with van der Waals surface area (Å²) < 4.78 is 49.3. The van der Waals surface area contributed by atoms with Gasteiger partial charge in [-0.25, -0.2) is 9.67 Å². The van der Waals surface area contributed by atoms with Crippen LogP contribution in [0.3, 0.4) is 0 Å². The number of ether oxygens (including phenoxy) is 1. The first kappa shape index (κ1) is 21.0. The number of hydrogen-bond donors (Lipinski definition) is 0. The number of halogens is 5. The number of aryl methyl sites for hydroxylation is 1. The van der Waals surface area contributed by atoms with E-state index in [9.17, 15) is 13.2 Å². The van der Waals surface area contributed by atoms with Crippen LogP contribution in [-0.4, -0.2) is 33.8 Å². The van der Waals surface area contributed by atoms with Crippen LogP contribution in [0.15, 0.2) is 35.8 Å². The van der Waals surface area contributed by atoms with Gasteiger partial charge < -0.3 is 4.74 Å². The molecule has 3 aromatic heterocycles. The average Bonchev–Trinajstić information content (AvgIpc) is 3.25.